The SMILES string of the molecule is CC1CSC2(CCNCC2C)N1. The summed E-state index contributed by atoms with van der Waals surface area (Å²) >= 11 is 2.13. The van der Waals surface area contributed by atoms with Crippen molar-refractivity contribution < 1.29 is 0 Å². The summed E-state index contributed by atoms with van der Waals surface area (Å²) < 4.78 is 0. The Hall–Kier alpha value is 0.270. The third-order valence-electron chi connectivity index (χ3n) is 3.00. The first-order valence-corrected chi connectivity index (χ1v) is 5.84. The topological polar surface area (TPSA) is 24.1 Å². The monoisotopic (exact) mass is 186 g/mol. The second-order valence-corrected chi connectivity index (χ2v) is 5.45. The number of nitrogens with one attached hydrogen (secondary N) is 2. The summed E-state index contributed by atoms with van der Waals surface area (Å²) in [5, 5.41) is 7.19. The lowest BCUT2D eigenvalue weighted by Crippen LogP contribution is -2.54. The van der Waals surface area contributed by atoms with Crippen LogP contribution < -0.4 is 10.6 Å². The molecule has 0 aromatic carbocycles. The summed E-state index contributed by atoms with van der Waals surface area (Å²) in [5.74, 6) is 2.05. The van der Waals surface area contributed by atoms with Gasteiger partial charge in [0.25, 0.3) is 0 Å². The lowest BCUT2D eigenvalue weighted by Gasteiger charge is -2.39. The van der Waals surface area contributed by atoms with Crippen molar-refractivity contribution in [2.75, 3.05) is 18.8 Å². The summed E-state index contributed by atoms with van der Waals surface area (Å²) in [6.07, 6.45) is 1.28. The highest BCUT2D eigenvalue weighted by molar-refractivity contribution is 8.00. The molecule has 3 unspecified atom stereocenters. The van der Waals surface area contributed by atoms with Gasteiger partial charge in [0.2, 0.25) is 0 Å². The maximum absolute atomic E-state index is 3.74. The summed E-state index contributed by atoms with van der Waals surface area (Å²) in [6.45, 7) is 6.99. The van der Waals surface area contributed by atoms with E-state index in [1.54, 1.807) is 0 Å². The largest absolute Gasteiger partial charge is 0.316 e. The number of hydrogen-bond acceptors (Lipinski definition) is 3. The van der Waals surface area contributed by atoms with Crippen LogP contribution in [0.5, 0.6) is 0 Å². The highest BCUT2D eigenvalue weighted by Gasteiger charge is 2.43. The van der Waals surface area contributed by atoms with Gasteiger partial charge in [-0.25, -0.2) is 0 Å². The van der Waals surface area contributed by atoms with Gasteiger partial charge >= 0.3 is 0 Å². The molecular weight excluding hydrogens is 168 g/mol. The normalized spacial score (nSPS) is 48.5. The maximum Gasteiger partial charge on any atom is 0.0698 e. The Balaban J connectivity index is 2.07. The Morgan fingerprint density at radius 3 is 2.83 bits per heavy atom. The van der Waals surface area contributed by atoms with Crippen molar-refractivity contribution >= 4 is 11.8 Å². The highest BCUT2D eigenvalue weighted by atomic mass is 32.2. The molecule has 2 fully saturated rings. The van der Waals surface area contributed by atoms with E-state index in [4.69, 9.17) is 0 Å². The molecule has 0 bridgehead atoms. The molecule has 1 spiro atoms. The predicted octanol–water partition coefficient (Wildman–Crippen LogP) is 1.04. The minimum Gasteiger partial charge on any atom is -0.316 e. The van der Waals surface area contributed by atoms with Crippen molar-refractivity contribution in [1.82, 2.24) is 10.6 Å². The number of hydrogen-bond donors (Lipinski definition) is 2. The van der Waals surface area contributed by atoms with Gasteiger partial charge in [-0.2, -0.15) is 0 Å². The Morgan fingerprint density at radius 1 is 1.42 bits per heavy atom. The molecule has 2 N–H and O–H groups in total. The smallest absolute Gasteiger partial charge is 0.0698 e. The average Bonchev–Trinajstić information content (AvgIpc) is 2.41. The van der Waals surface area contributed by atoms with Crippen LogP contribution in [0.2, 0.25) is 0 Å². The van der Waals surface area contributed by atoms with Gasteiger partial charge in [-0.05, 0) is 25.8 Å². The van der Waals surface area contributed by atoms with Crippen LogP contribution in [-0.4, -0.2) is 29.8 Å². The quantitative estimate of drug-likeness (QED) is 0.591. The van der Waals surface area contributed by atoms with Crippen molar-refractivity contribution in [3.05, 3.63) is 0 Å². The van der Waals surface area contributed by atoms with Crippen LogP contribution in [0.4, 0.5) is 0 Å². The van der Waals surface area contributed by atoms with Crippen molar-refractivity contribution in [3.8, 4) is 0 Å². The van der Waals surface area contributed by atoms with Crippen molar-refractivity contribution in [1.29, 1.82) is 0 Å². The first kappa shape index (κ1) is 8.85. The molecule has 0 aromatic heterocycles. The van der Waals surface area contributed by atoms with Crippen LogP contribution in [0.15, 0.2) is 0 Å². The van der Waals surface area contributed by atoms with Crippen LogP contribution in [0.1, 0.15) is 20.3 Å². The first-order chi connectivity index (χ1) is 5.73. The Bertz CT molecular complexity index is 170. The fourth-order valence-corrected chi connectivity index (χ4v) is 3.74. The lowest BCUT2D eigenvalue weighted by atomic mass is 9.94. The van der Waals surface area contributed by atoms with Crippen LogP contribution in [-0.2, 0) is 0 Å². The van der Waals surface area contributed by atoms with Gasteiger partial charge in [-0.1, -0.05) is 6.92 Å². The van der Waals surface area contributed by atoms with Gasteiger partial charge in [0.15, 0.2) is 0 Å². The molecule has 0 saturated carbocycles. The zero-order chi connectivity index (χ0) is 8.60. The molecular formula is C9H18N2S. The average molecular weight is 186 g/mol. The van der Waals surface area contributed by atoms with E-state index in [9.17, 15) is 0 Å². The number of piperidine rings is 1. The van der Waals surface area contributed by atoms with Gasteiger partial charge in [0, 0.05) is 18.3 Å². The second-order valence-electron chi connectivity index (χ2n) is 4.10. The Kier molecular flexibility index (Phi) is 2.36. The standard InChI is InChI=1S/C9H18N2S/c1-7-5-10-4-3-9(7)11-8(2)6-12-9/h7-8,10-11H,3-6H2,1-2H3. The molecule has 2 aliphatic rings. The van der Waals surface area contributed by atoms with Gasteiger partial charge < -0.3 is 5.32 Å². The van der Waals surface area contributed by atoms with E-state index < -0.39 is 0 Å². The molecule has 2 heterocycles. The maximum atomic E-state index is 3.74. The summed E-state index contributed by atoms with van der Waals surface area (Å²) in [6, 6.07) is 0.704. The molecule has 0 amide bonds. The predicted molar refractivity (Wildman–Crippen MR) is 54.4 cm³/mol. The zero-order valence-electron chi connectivity index (χ0n) is 7.89. The molecule has 0 aromatic rings. The number of thioether (sulfide) groups is 1. The molecule has 2 aliphatic heterocycles. The van der Waals surface area contributed by atoms with Crippen LogP contribution in [0.25, 0.3) is 0 Å². The van der Waals surface area contributed by atoms with Crippen molar-refractivity contribution in [2.24, 2.45) is 5.92 Å². The lowest BCUT2D eigenvalue weighted by molar-refractivity contribution is 0.263. The van der Waals surface area contributed by atoms with Gasteiger partial charge in [0.05, 0.1) is 4.87 Å². The molecule has 70 valence electrons. The molecule has 2 nitrogen and oxygen atoms in total. The van der Waals surface area contributed by atoms with Crippen molar-refractivity contribution in [2.45, 2.75) is 31.2 Å². The van der Waals surface area contributed by atoms with E-state index in [1.807, 2.05) is 0 Å². The second kappa shape index (κ2) is 3.20. The summed E-state index contributed by atoms with van der Waals surface area (Å²) in [5.41, 5.74) is 0. The third kappa shape index (κ3) is 1.38. The molecule has 12 heavy (non-hydrogen) atoms. The minimum atomic E-state index is 0.407. The van der Waals surface area contributed by atoms with E-state index in [2.05, 4.69) is 36.2 Å². The van der Waals surface area contributed by atoms with Gasteiger partial charge in [-0.15, -0.1) is 11.8 Å². The zero-order valence-corrected chi connectivity index (χ0v) is 8.71. The van der Waals surface area contributed by atoms with Crippen LogP contribution in [0, 0.1) is 5.92 Å². The van der Waals surface area contributed by atoms with E-state index in [0.29, 0.717) is 10.9 Å². The van der Waals surface area contributed by atoms with Crippen LogP contribution in [0.3, 0.4) is 0 Å². The highest BCUT2D eigenvalue weighted by Crippen LogP contribution is 2.40. The van der Waals surface area contributed by atoms with E-state index in [0.717, 1.165) is 5.92 Å². The minimum absolute atomic E-state index is 0.407. The first-order valence-electron chi connectivity index (χ1n) is 4.85. The third-order valence-corrected chi connectivity index (χ3v) is 4.91. The van der Waals surface area contributed by atoms with Gasteiger partial charge in [0.1, 0.15) is 0 Å². The molecule has 0 aliphatic carbocycles. The Morgan fingerprint density at radius 2 is 2.25 bits per heavy atom. The van der Waals surface area contributed by atoms with E-state index >= 15 is 0 Å². The van der Waals surface area contributed by atoms with E-state index in [1.165, 1.54) is 25.3 Å². The molecule has 2 rings (SSSR count). The van der Waals surface area contributed by atoms with Crippen LogP contribution >= 0.6 is 11.8 Å². The summed E-state index contributed by atoms with van der Waals surface area (Å²) in [4.78, 5) is 0.407. The molecule has 0 radical (unpaired) electrons. The Labute approximate surface area is 78.9 Å². The van der Waals surface area contributed by atoms with Gasteiger partial charge in [-0.3, -0.25) is 5.32 Å². The number of rotatable bonds is 0. The molecule has 3 heteroatoms. The van der Waals surface area contributed by atoms with E-state index in [-0.39, 0.29) is 0 Å². The van der Waals surface area contributed by atoms with Crippen molar-refractivity contribution in [3.63, 3.8) is 0 Å². The molecule has 3 atom stereocenters. The molecule has 2 saturated heterocycles. The fourth-order valence-electron chi connectivity index (χ4n) is 2.21. The fraction of sp³-hybridized carbons (Fsp3) is 1.00. The summed E-state index contributed by atoms with van der Waals surface area (Å²) in [7, 11) is 0.